The Morgan fingerprint density at radius 1 is 1.00 bits per heavy atom. The molecule has 1 nitrogen and oxygen atoms in total. The van der Waals surface area contributed by atoms with E-state index in [9.17, 15) is 0 Å². The molecule has 5 atom stereocenters. The second-order valence-corrected chi connectivity index (χ2v) is 7.09. The standard InChI is InChI=1S/C17H17N/c18-9-10-1-2-15-11-4-13-6-14-5-12(16(15)3-10)8-17(13,14)7-11/h1-3,11-14H,4-8H2. The monoisotopic (exact) mass is 235 g/mol. The molecule has 0 amide bonds. The second kappa shape index (κ2) is 2.82. The Kier molecular flexibility index (Phi) is 1.51. The zero-order valence-corrected chi connectivity index (χ0v) is 10.5. The Hall–Kier alpha value is -1.29. The van der Waals surface area contributed by atoms with Gasteiger partial charge in [0, 0.05) is 0 Å². The quantitative estimate of drug-likeness (QED) is 0.668. The van der Waals surface area contributed by atoms with E-state index in [0.29, 0.717) is 0 Å². The smallest absolute Gasteiger partial charge is 0.0991 e. The van der Waals surface area contributed by atoms with Gasteiger partial charge in [-0.15, -0.1) is 0 Å². The van der Waals surface area contributed by atoms with Gasteiger partial charge in [-0.3, -0.25) is 0 Å². The second-order valence-electron chi connectivity index (χ2n) is 7.09. The highest BCUT2D eigenvalue weighted by molar-refractivity contribution is 5.46. The van der Waals surface area contributed by atoms with Crippen molar-refractivity contribution in [2.75, 3.05) is 0 Å². The van der Waals surface area contributed by atoms with Crippen molar-refractivity contribution >= 4 is 0 Å². The van der Waals surface area contributed by atoms with Gasteiger partial charge in [0.05, 0.1) is 11.6 Å². The summed E-state index contributed by atoms with van der Waals surface area (Å²) in [6.45, 7) is 0. The van der Waals surface area contributed by atoms with E-state index in [1.807, 2.05) is 6.07 Å². The highest BCUT2D eigenvalue weighted by Crippen LogP contribution is 2.75. The van der Waals surface area contributed by atoms with Crippen LogP contribution in [0.3, 0.4) is 0 Å². The Morgan fingerprint density at radius 3 is 2.44 bits per heavy atom. The minimum absolute atomic E-state index is 0.737. The molecule has 5 rings (SSSR count). The van der Waals surface area contributed by atoms with Gasteiger partial charge in [0.1, 0.15) is 0 Å². The van der Waals surface area contributed by atoms with Gasteiger partial charge in [0.2, 0.25) is 0 Å². The van der Waals surface area contributed by atoms with Crippen molar-refractivity contribution < 1.29 is 0 Å². The van der Waals surface area contributed by atoms with Crippen LogP contribution >= 0.6 is 0 Å². The predicted molar refractivity (Wildman–Crippen MR) is 69.1 cm³/mol. The summed E-state index contributed by atoms with van der Waals surface area (Å²) in [6.07, 6.45) is 7.23. The molecule has 4 aliphatic carbocycles. The predicted octanol–water partition coefficient (Wildman–Crippen LogP) is 3.95. The van der Waals surface area contributed by atoms with Gasteiger partial charge >= 0.3 is 0 Å². The van der Waals surface area contributed by atoms with E-state index in [0.717, 1.165) is 34.7 Å². The van der Waals surface area contributed by atoms with Gasteiger partial charge in [-0.2, -0.15) is 5.26 Å². The van der Waals surface area contributed by atoms with Crippen molar-refractivity contribution in [3.63, 3.8) is 0 Å². The van der Waals surface area contributed by atoms with Crippen LogP contribution in [0.25, 0.3) is 0 Å². The minimum Gasteiger partial charge on any atom is -0.192 e. The van der Waals surface area contributed by atoms with E-state index in [4.69, 9.17) is 5.26 Å². The molecule has 18 heavy (non-hydrogen) atoms. The molecule has 1 aromatic rings. The summed E-state index contributed by atoms with van der Waals surface area (Å²) in [5.41, 5.74) is 4.74. The fraction of sp³-hybridized carbons (Fsp3) is 0.588. The summed E-state index contributed by atoms with van der Waals surface area (Å²) in [4.78, 5) is 0. The van der Waals surface area contributed by atoms with Crippen molar-refractivity contribution in [1.29, 1.82) is 5.26 Å². The van der Waals surface area contributed by atoms with Crippen LogP contribution in [0.2, 0.25) is 0 Å². The normalized spacial score (nSPS) is 45.9. The van der Waals surface area contributed by atoms with Crippen LogP contribution in [0.15, 0.2) is 18.2 Å². The maximum Gasteiger partial charge on any atom is 0.0991 e. The molecule has 0 radical (unpaired) electrons. The molecule has 1 aromatic carbocycles. The van der Waals surface area contributed by atoms with Gasteiger partial charge in [-0.05, 0) is 84.5 Å². The van der Waals surface area contributed by atoms with Crippen LogP contribution in [-0.4, -0.2) is 0 Å². The molecule has 4 aliphatic rings. The van der Waals surface area contributed by atoms with Crippen LogP contribution in [0.4, 0.5) is 0 Å². The van der Waals surface area contributed by atoms with E-state index in [2.05, 4.69) is 18.2 Å². The molecule has 1 heteroatoms. The molecule has 0 N–H and O–H groups in total. The molecule has 0 aliphatic heterocycles. The number of rotatable bonds is 0. The molecule has 5 unspecified atom stereocenters. The number of nitrogens with zero attached hydrogens (tertiary/aromatic N) is 1. The average molecular weight is 235 g/mol. The molecule has 1 spiro atoms. The van der Waals surface area contributed by atoms with Crippen LogP contribution in [-0.2, 0) is 0 Å². The van der Waals surface area contributed by atoms with Gasteiger partial charge in [0.25, 0.3) is 0 Å². The van der Waals surface area contributed by atoms with E-state index >= 15 is 0 Å². The molecule has 0 heterocycles. The molecule has 0 aromatic heterocycles. The van der Waals surface area contributed by atoms with Crippen molar-refractivity contribution in [2.45, 2.75) is 43.9 Å². The van der Waals surface area contributed by atoms with Crippen LogP contribution in [0.5, 0.6) is 0 Å². The molecule has 90 valence electrons. The van der Waals surface area contributed by atoms with Crippen molar-refractivity contribution in [3.8, 4) is 6.07 Å². The Bertz CT molecular complexity index is 596. The first-order valence-electron chi connectivity index (χ1n) is 7.34. The Labute approximate surface area is 108 Å². The van der Waals surface area contributed by atoms with Crippen molar-refractivity contribution in [3.05, 3.63) is 34.9 Å². The highest BCUT2D eigenvalue weighted by Gasteiger charge is 2.65. The number of hydrogen-bond donors (Lipinski definition) is 0. The van der Waals surface area contributed by atoms with Crippen LogP contribution in [0.1, 0.15) is 60.6 Å². The first kappa shape index (κ1) is 9.62. The first-order valence-corrected chi connectivity index (χ1v) is 7.34. The average Bonchev–Trinajstić information content (AvgIpc) is 2.81. The number of benzene rings is 1. The zero-order chi connectivity index (χ0) is 11.9. The number of fused-ring (bicyclic) bond motifs is 5. The summed E-state index contributed by atoms with van der Waals surface area (Å²) < 4.78 is 0. The molecular formula is C17H17N. The molecule has 0 saturated heterocycles. The lowest BCUT2D eigenvalue weighted by atomic mass is 9.56. The maximum atomic E-state index is 9.12. The summed E-state index contributed by atoms with van der Waals surface area (Å²) in [5, 5.41) is 9.12. The van der Waals surface area contributed by atoms with Crippen molar-refractivity contribution in [2.24, 2.45) is 17.3 Å². The van der Waals surface area contributed by atoms with Crippen molar-refractivity contribution in [1.82, 2.24) is 0 Å². The van der Waals surface area contributed by atoms with Crippen LogP contribution < -0.4 is 0 Å². The summed E-state index contributed by atoms with van der Waals surface area (Å²) in [7, 11) is 0. The molecular weight excluding hydrogens is 218 g/mol. The van der Waals surface area contributed by atoms with E-state index in [1.165, 1.54) is 32.1 Å². The summed E-state index contributed by atoms with van der Waals surface area (Å²) in [6, 6.07) is 8.83. The third kappa shape index (κ3) is 0.891. The lowest BCUT2D eigenvalue weighted by molar-refractivity contribution is 0.00322. The van der Waals surface area contributed by atoms with Gasteiger partial charge in [0.15, 0.2) is 0 Å². The number of nitriles is 1. The number of hydrogen-bond acceptors (Lipinski definition) is 1. The van der Waals surface area contributed by atoms with Gasteiger partial charge in [-0.25, -0.2) is 0 Å². The fourth-order valence-corrected chi connectivity index (χ4v) is 6.01. The highest BCUT2D eigenvalue weighted by atomic mass is 14.7. The third-order valence-electron chi connectivity index (χ3n) is 6.68. The van der Waals surface area contributed by atoms with Gasteiger partial charge < -0.3 is 0 Å². The SMILES string of the molecule is N#Cc1ccc2c(c1)C1CC3CC4CC2CC43C1. The fourth-order valence-electron chi connectivity index (χ4n) is 6.01. The topological polar surface area (TPSA) is 23.8 Å². The van der Waals surface area contributed by atoms with E-state index in [1.54, 1.807) is 11.1 Å². The lowest BCUT2D eigenvalue weighted by Gasteiger charge is -2.48. The van der Waals surface area contributed by atoms with E-state index in [-0.39, 0.29) is 0 Å². The first-order chi connectivity index (χ1) is 8.80. The minimum atomic E-state index is 0.737. The third-order valence-corrected chi connectivity index (χ3v) is 6.68. The Morgan fingerprint density at radius 2 is 1.72 bits per heavy atom. The maximum absolute atomic E-state index is 9.12. The lowest BCUT2D eigenvalue weighted by Crippen LogP contribution is -2.41. The van der Waals surface area contributed by atoms with Gasteiger partial charge in [-0.1, -0.05) is 6.07 Å². The largest absolute Gasteiger partial charge is 0.192 e. The van der Waals surface area contributed by atoms with E-state index < -0.39 is 0 Å². The zero-order valence-electron chi connectivity index (χ0n) is 10.5. The molecule has 3 saturated carbocycles. The van der Waals surface area contributed by atoms with Crippen LogP contribution in [0, 0.1) is 28.6 Å². The summed E-state index contributed by atoms with van der Waals surface area (Å²) in [5.74, 6) is 3.65. The Balaban J connectivity index is 1.74. The summed E-state index contributed by atoms with van der Waals surface area (Å²) >= 11 is 0. The molecule has 3 fully saturated rings. The molecule has 3 bridgehead atoms.